The van der Waals surface area contributed by atoms with Crippen LogP contribution in [0, 0.1) is 10.1 Å². The molecule has 1 fully saturated rings. The van der Waals surface area contributed by atoms with Gasteiger partial charge in [0.05, 0.1) is 4.92 Å². The monoisotopic (exact) mass is 391 g/mol. The first kappa shape index (κ1) is 19.1. The zero-order valence-electron chi connectivity index (χ0n) is 14.9. The van der Waals surface area contributed by atoms with Gasteiger partial charge >= 0.3 is 5.69 Å². The van der Waals surface area contributed by atoms with E-state index in [-0.39, 0.29) is 16.3 Å². The number of anilines is 1. The highest BCUT2D eigenvalue weighted by atomic mass is 32.2. The molecule has 0 amide bonds. The van der Waals surface area contributed by atoms with Crippen LogP contribution in [0.1, 0.15) is 5.56 Å². The van der Waals surface area contributed by atoms with Crippen LogP contribution in [-0.4, -0.2) is 55.8 Å². The van der Waals surface area contributed by atoms with Crippen molar-refractivity contribution in [3.8, 4) is 5.75 Å². The molecule has 144 valence electrons. The first-order valence-electron chi connectivity index (χ1n) is 8.48. The van der Waals surface area contributed by atoms with Crippen LogP contribution in [0.25, 0.3) is 0 Å². The Morgan fingerprint density at radius 1 is 1.11 bits per heavy atom. The van der Waals surface area contributed by atoms with Gasteiger partial charge in [0.2, 0.25) is 0 Å². The Morgan fingerprint density at radius 2 is 1.78 bits per heavy atom. The molecule has 1 aliphatic heterocycles. The fourth-order valence-electron chi connectivity index (χ4n) is 3.31. The molecule has 1 saturated heterocycles. The van der Waals surface area contributed by atoms with E-state index in [1.807, 2.05) is 11.0 Å². The molecule has 0 spiro atoms. The van der Waals surface area contributed by atoms with Crippen molar-refractivity contribution in [2.75, 3.05) is 37.3 Å². The Bertz CT molecular complexity index is 953. The number of hydrogen-bond donors (Lipinski definition) is 1. The Labute approximate surface area is 157 Å². The predicted molar refractivity (Wildman–Crippen MR) is 102 cm³/mol. The Morgan fingerprint density at radius 3 is 2.37 bits per heavy atom. The number of piperazine rings is 1. The van der Waals surface area contributed by atoms with Crippen molar-refractivity contribution in [1.29, 1.82) is 0 Å². The minimum Gasteiger partial charge on any atom is -0.508 e. The third-order valence-corrected chi connectivity index (χ3v) is 5.72. The number of hydrogen-bond acceptors (Lipinski definition) is 7. The average molecular weight is 391 g/mol. The molecule has 1 heterocycles. The van der Waals surface area contributed by atoms with Gasteiger partial charge in [-0.05, 0) is 29.8 Å². The van der Waals surface area contributed by atoms with Crippen LogP contribution in [0.5, 0.6) is 5.75 Å². The van der Waals surface area contributed by atoms with Gasteiger partial charge in [-0.3, -0.25) is 15.0 Å². The van der Waals surface area contributed by atoms with Gasteiger partial charge in [-0.1, -0.05) is 18.2 Å². The van der Waals surface area contributed by atoms with E-state index in [4.69, 9.17) is 0 Å². The summed E-state index contributed by atoms with van der Waals surface area (Å²) in [4.78, 5) is 14.7. The quantitative estimate of drug-likeness (QED) is 0.614. The van der Waals surface area contributed by atoms with Gasteiger partial charge in [0, 0.05) is 39.0 Å². The fourth-order valence-corrected chi connectivity index (χ4v) is 4.16. The highest BCUT2D eigenvalue weighted by molar-refractivity contribution is 7.90. The van der Waals surface area contributed by atoms with Gasteiger partial charge in [0.25, 0.3) is 0 Å². The summed E-state index contributed by atoms with van der Waals surface area (Å²) in [6.07, 6.45) is 0.979. The molecule has 3 rings (SSSR count). The van der Waals surface area contributed by atoms with Crippen molar-refractivity contribution in [1.82, 2.24) is 4.90 Å². The number of phenols is 1. The van der Waals surface area contributed by atoms with Gasteiger partial charge < -0.3 is 10.0 Å². The van der Waals surface area contributed by atoms with Crippen molar-refractivity contribution in [3.05, 3.63) is 58.1 Å². The molecule has 0 bridgehead atoms. The lowest BCUT2D eigenvalue weighted by atomic mass is 10.1. The lowest BCUT2D eigenvalue weighted by Gasteiger charge is -2.36. The van der Waals surface area contributed by atoms with E-state index in [0.29, 0.717) is 38.4 Å². The van der Waals surface area contributed by atoms with E-state index in [1.54, 1.807) is 24.3 Å². The Balaban J connectivity index is 1.77. The van der Waals surface area contributed by atoms with Gasteiger partial charge in [0.15, 0.2) is 9.84 Å². The maximum Gasteiger partial charge on any atom is 0.311 e. The lowest BCUT2D eigenvalue weighted by Crippen LogP contribution is -2.46. The number of aromatic hydroxyl groups is 1. The van der Waals surface area contributed by atoms with E-state index in [0.717, 1.165) is 11.8 Å². The number of nitro benzene ring substituents is 1. The number of nitrogens with zero attached hydrogens (tertiary/aromatic N) is 3. The second kappa shape index (κ2) is 7.53. The molecule has 1 aliphatic rings. The normalized spacial score (nSPS) is 15.7. The summed E-state index contributed by atoms with van der Waals surface area (Å²) in [6, 6.07) is 11.5. The third kappa shape index (κ3) is 4.37. The largest absolute Gasteiger partial charge is 0.508 e. The van der Waals surface area contributed by atoms with E-state index < -0.39 is 14.8 Å². The van der Waals surface area contributed by atoms with Crippen LogP contribution in [0.4, 0.5) is 11.4 Å². The number of sulfone groups is 1. The van der Waals surface area contributed by atoms with Crippen LogP contribution in [0.15, 0.2) is 47.4 Å². The smallest absolute Gasteiger partial charge is 0.311 e. The van der Waals surface area contributed by atoms with E-state index in [2.05, 4.69) is 4.90 Å². The summed E-state index contributed by atoms with van der Waals surface area (Å²) in [5, 5.41) is 21.1. The summed E-state index contributed by atoms with van der Waals surface area (Å²) in [5.41, 5.74) is 0.967. The summed E-state index contributed by atoms with van der Waals surface area (Å²) in [6.45, 7) is 3.12. The molecule has 0 unspecified atom stereocenters. The van der Waals surface area contributed by atoms with Gasteiger partial charge in [-0.15, -0.1) is 0 Å². The molecular weight excluding hydrogens is 370 g/mol. The summed E-state index contributed by atoms with van der Waals surface area (Å²) in [5.74, 6) is 0.222. The highest BCUT2D eigenvalue weighted by Crippen LogP contribution is 2.35. The van der Waals surface area contributed by atoms with Crippen LogP contribution in [0.3, 0.4) is 0 Å². The first-order valence-corrected chi connectivity index (χ1v) is 10.4. The number of rotatable bonds is 5. The maximum absolute atomic E-state index is 11.9. The molecule has 0 atom stereocenters. The minimum atomic E-state index is -3.70. The second-order valence-electron chi connectivity index (χ2n) is 6.59. The van der Waals surface area contributed by atoms with E-state index in [1.165, 1.54) is 12.1 Å². The lowest BCUT2D eigenvalue weighted by molar-refractivity contribution is -0.387. The Hall–Kier alpha value is -2.65. The molecule has 0 aliphatic carbocycles. The van der Waals surface area contributed by atoms with Crippen molar-refractivity contribution < 1.29 is 18.4 Å². The SMILES string of the molecule is CS(=O)(=O)c1cccc(N2CCN(Cc3cccc(O)c3)CC2)c1[N+](=O)[O-]. The number of benzene rings is 2. The van der Waals surface area contributed by atoms with Crippen molar-refractivity contribution in [2.24, 2.45) is 0 Å². The van der Waals surface area contributed by atoms with E-state index in [9.17, 15) is 23.6 Å². The van der Waals surface area contributed by atoms with Crippen molar-refractivity contribution in [2.45, 2.75) is 11.4 Å². The first-order chi connectivity index (χ1) is 12.8. The summed E-state index contributed by atoms with van der Waals surface area (Å²) >= 11 is 0. The van der Waals surface area contributed by atoms with Crippen molar-refractivity contribution in [3.63, 3.8) is 0 Å². The molecule has 2 aromatic rings. The summed E-state index contributed by atoms with van der Waals surface area (Å²) < 4.78 is 23.8. The highest BCUT2D eigenvalue weighted by Gasteiger charge is 2.30. The molecule has 27 heavy (non-hydrogen) atoms. The number of nitro groups is 1. The van der Waals surface area contributed by atoms with Gasteiger partial charge in [0.1, 0.15) is 16.3 Å². The summed E-state index contributed by atoms with van der Waals surface area (Å²) in [7, 11) is -3.70. The molecule has 8 nitrogen and oxygen atoms in total. The van der Waals surface area contributed by atoms with Crippen molar-refractivity contribution >= 4 is 21.2 Å². The molecule has 0 saturated carbocycles. The van der Waals surface area contributed by atoms with Crippen LogP contribution in [0.2, 0.25) is 0 Å². The number of para-hydroxylation sites is 1. The maximum atomic E-state index is 11.9. The second-order valence-corrected chi connectivity index (χ2v) is 8.57. The topological polar surface area (TPSA) is 104 Å². The van der Waals surface area contributed by atoms with Crippen LogP contribution >= 0.6 is 0 Å². The Kier molecular flexibility index (Phi) is 5.33. The molecule has 9 heteroatoms. The number of phenolic OH excluding ortho intramolecular Hbond substituents is 1. The molecule has 0 aromatic heterocycles. The zero-order chi connectivity index (χ0) is 19.6. The molecular formula is C18H21N3O5S. The van der Waals surface area contributed by atoms with Gasteiger partial charge in [-0.25, -0.2) is 8.42 Å². The fraction of sp³-hybridized carbons (Fsp3) is 0.333. The third-order valence-electron chi connectivity index (χ3n) is 4.59. The zero-order valence-corrected chi connectivity index (χ0v) is 15.7. The van der Waals surface area contributed by atoms with Crippen LogP contribution in [-0.2, 0) is 16.4 Å². The minimum absolute atomic E-state index is 0.222. The van der Waals surface area contributed by atoms with Crippen LogP contribution < -0.4 is 4.90 Å². The standard InChI is InChI=1S/C18H21N3O5S/c1-27(25,26)17-7-3-6-16(18(17)21(23)24)20-10-8-19(9-11-20)13-14-4-2-5-15(22)12-14/h2-7,12,22H,8-11,13H2,1H3. The predicted octanol–water partition coefficient (Wildman–Crippen LogP) is 2.03. The van der Waals surface area contributed by atoms with Gasteiger partial charge in [-0.2, -0.15) is 0 Å². The van der Waals surface area contributed by atoms with E-state index >= 15 is 0 Å². The molecule has 1 N–H and O–H groups in total. The molecule has 0 radical (unpaired) electrons. The average Bonchev–Trinajstić information content (AvgIpc) is 2.61. The molecule has 2 aromatic carbocycles.